The Morgan fingerprint density at radius 1 is 1.41 bits per heavy atom. The first-order valence-electron chi connectivity index (χ1n) is 5.55. The van der Waals surface area contributed by atoms with Crippen molar-refractivity contribution in [2.24, 2.45) is 0 Å². The second kappa shape index (κ2) is 5.71. The molecule has 1 aromatic rings. The summed E-state index contributed by atoms with van der Waals surface area (Å²) in [6.07, 6.45) is -0.0149. The van der Waals surface area contributed by atoms with E-state index < -0.39 is 11.7 Å². The van der Waals surface area contributed by atoms with Gasteiger partial charge >= 0.3 is 0 Å². The Morgan fingerprint density at radius 3 is 2.53 bits per heavy atom. The van der Waals surface area contributed by atoms with E-state index >= 15 is 0 Å². The van der Waals surface area contributed by atoms with Crippen molar-refractivity contribution < 1.29 is 14.6 Å². The smallest absolute Gasteiger partial charge is 0.137 e. The number of methoxy groups -OCH3 is 2. The lowest BCUT2D eigenvalue weighted by atomic mass is 9.90. The van der Waals surface area contributed by atoms with E-state index in [4.69, 9.17) is 21.1 Å². The van der Waals surface area contributed by atoms with Crippen LogP contribution in [0, 0.1) is 0 Å². The fourth-order valence-electron chi connectivity index (χ4n) is 1.65. The molecule has 0 spiro atoms. The van der Waals surface area contributed by atoms with Crippen molar-refractivity contribution in [3.8, 4) is 5.75 Å². The molecule has 2 unspecified atom stereocenters. The molecule has 0 fully saturated rings. The third-order valence-corrected chi connectivity index (χ3v) is 3.55. The van der Waals surface area contributed by atoms with Crippen molar-refractivity contribution in [1.29, 1.82) is 0 Å². The molecular formula is C13H19ClO3. The van der Waals surface area contributed by atoms with Crippen LogP contribution >= 0.6 is 11.6 Å². The molecule has 0 saturated heterocycles. The third-order valence-electron chi connectivity index (χ3n) is 3.24. The summed E-state index contributed by atoms with van der Waals surface area (Å²) in [4.78, 5) is 0. The zero-order valence-corrected chi connectivity index (χ0v) is 11.4. The summed E-state index contributed by atoms with van der Waals surface area (Å²) in [5, 5.41) is 10.9. The Kier molecular flexibility index (Phi) is 4.80. The molecule has 0 aliphatic heterocycles. The van der Waals surface area contributed by atoms with Gasteiger partial charge in [0.1, 0.15) is 11.9 Å². The number of aliphatic hydroxyl groups is 1. The predicted molar refractivity (Wildman–Crippen MR) is 68.7 cm³/mol. The molecule has 4 heteroatoms. The standard InChI is InChI=1S/C13H19ClO3/c1-5-13(2,17-4)12(15)9-6-7-10(14)11(8-9)16-3/h6-8,12,15H,5H2,1-4H3. The van der Waals surface area contributed by atoms with Gasteiger partial charge in [0.2, 0.25) is 0 Å². The van der Waals surface area contributed by atoms with Crippen molar-refractivity contribution in [2.75, 3.05) is 14.2 Å². The van der Waals surface area contributed by atoms with Crippen LogP contribution in [0.15, 0.2) is 18.2 Å². The highest BCUT2D eigenvalue weighted by Crippen LogP contribution is 2.35. The maximum Gasteiger partial charge on any atom is 0.137 e. The maximum absolute atomic E-state index is 10.3. The third kappa shape index (κ3) is 2.92. The highest BCUT2D eigenvalue weighted by atomic mass is 35.5. The first-order valence-corrected chi connectivity index (χ1v) is 5.93. The van der Waals surface area contributed by atoms with Gasteiger partial charge in [-0.2, -0.15) is 0 Å². The monoisotopic (exact) mass is 258 g/mol. The van der Waals surface area contributed by atoms with Crippen molar-refractivity contribution in [3.63, 3.8) is 0 Å². The van der Waals surface area contributed by atoms with Crippen molar-refractivity contribution >= 4 is 11.6 Å². The van der Waals surface area contributed by atoms with E-state index in [0.717, 1.165) is 5.56 Å². The van der Waals surface area contributed by atoms with Crippen LogP contribution in [-0.4, -0.2) is 24.9 Å². The Balaban J connectivity index is 3.07. The van der Waals surface area contributed by atoms with E-state index in [-0.39, 0.29) is 0 Å². The fourth-order valence-corrected chi connectivity index (χ4v) is 1.84. The number of benzene rings is 1. The molecule has 1 rings (SSSR count). The molecule has 17 heavy (non-hydrogen) atoms. The fraction of sp³-hybridized carbons (Fsp3) is 0.538. The Morgan fingerprint density at radius 2 is 2.06 bits per heavy atom. The van der Waals surface area contributed by atoms with Crippen LogP contribution in [0.3, 0.4) is 0 Å². The summed E-state index contributed by atoms with van der Waals surface area (Å²) in [6.45, 7) is 3.85. The summed E-state index contributed by atoms with van der Waals surface area (Å²) >= 11 is 5.95. The summed E-state index contributed by atoms with van der Waals surface area (Å²) in [7, 11) is 3.15. The highest BCUT2D eigenvalue weighted by molar-refractivity contribution is 6.32. The largest absolute Gasteiger partial charge is 0.495 e. The molecule has 0 aliphatic rings. The normalized spacial score (nSPS) is 16.4. The SMILES string of the molecule is CCC(C)(OC)C(O)c1ccc(Cl)c(OC)c1. The Hall–Kier alpha value is -0.770. The minimum atomic E-state index is -0.719. The Bertz CT molecular complexity index is 375. The molecule has 3 nitrogen and oxygen atoms in total. The van der Waals surface area contributed by atoms with Gasteiger partial charge in [0.05, 0.1) is 17.7 Å². The molecule has 1 N–H and O–H groups in total. The van der Waals surface area contributed by atoms with E-state index in [9.17, 15) is 5.11 Å². The number of ether oxygens (including phenoxy) is 2. The zero-order chi connectivity index (χ0) is 13.1. The molecule has 0 radical (unpaired) electrons. The maximum atomic E-state index is 10.3. The average molecular weight is 259 g/mol. The van der Waals surface area contributed by atoms with Crippen LogP contribution in [0.25, 0.3) is 0 Å². The van der Waals surface area contributed by atoms with Crippen LogP contribution in [-0.2, 0) is 4.74 Å². The highest BCUT2D eigenvalue weighted by Gasteiger charge is 2.32. The van der Waals surface area contributed by atoms with Crippen LogP contribution in [0.4, 0.5) is 0 Å². The molecular weight excluding hydrogens is 240 g/mol. The molecule has 96 valence electrons. The van der Waals surface area contributed by atoms with Crippen LogP contribution in [0.5, 0.6) is 5.75 Å². The molecule has 0 bridgehead atoms. The molecule has 2 atom stereocenters. The van der Waals surface area contributed by atoms with Crippen molar-refractivity contribution in [2.45, 2.75) is 32.0 Å². The van der Waals surface area contributed by atoms with E-state index in [2.05, 4.69) is 0 Å². The first kappa shape index (κ1) is 14.3. The van der Waals surface area contributed by atoms with E-state index in [1.807, 2.05) is 13.8 Å². The average Bonchev–Trinajstić information content (AvgIpc) is 2.37. The number of aliphatic hydroxyl groups excluding tert-OH is 1. The van der Waals surface area contributed by atoms with E-state index in [1.54, 1.807) is 32.4 Å². The van der Waals surface area contributed by atoms with Gasteiger partial charge in [0, 0.05) is 7.11 Å². The van der Waals surface area contributed by atoms with Gasteiger partial charge in [-0.25, -0.2) is 0 Å². The summed E-state index contributed by atoms with van der Waals surface area (Å²) in [5.74, 6) is 0.553. The van der Waals surface area contributed by atoms with Gasteiger partial charge in [-0.15, -0.1) is 0 Å². The second-order valence-corrected chi connectivity index (χ2v) is 4.57. The number of halogens is 1. The van der Waals surface area contributed by atoms with Crippen LogP contribution < -0.4 is 4.74 Å². The van der Waals surface area contributed by atoms with Gasteiger partial charge in [0.15, 0.2) is 0 Å². The summed E-state index contributed by atoms with van der Waals surface area (Å²) < 4.78 is 10.5. The number of hydrogen-bond donors (Lipinski definition) is 1. The molecule has 1 aromatic carbocycles. The Labute approximate surface area is 107 Å². The van der Waals surface area contributed by atoms with Gasteiger partial charge in [-0.3, -0.25) is 0 Å². The second-order valence-electron chi connectivity index (χ2n) is 4.17. The van der Waals surface area contributed by atoms with Gasteiger partial charge < -0.3 is 14.6 Å². The topological polar surface area (TPSA) is 38.7 Å². The lowest BCUT2D eigenvalue weighted by molar-refractivity contribution is -0.0944. The molecule has 0 aromatic heterocycles. The first-order chi connectivity index (χ1) is 7.98. The van der Waals surface area contributed by atoms with E-state index in [0.29, 0.717) is 17.2 Å². The lowest BCUT2D eigenvalue weighted by Gasteiger charge is -2.32. The van der Waals surface area contributed by atoms with Gasteiger partial charge in [-0.1, -0.05) is 24.6 Å². The number of rotatable bonds is 5. The lowest BCUT2D eigenvalue weighted by Crippen LogP contribution is -2.34. The van der Waals surface area contributed by atoms with Gasteiger partial charge in [0.25, 0.3) is 0 Å². The van der Waals surface area contributed by atoms with E-state index in [1.165, 1.54) is 0 Å². The molecule has 0 amide bonds. The minimum absolute atomic E-state index is 0.527. The quantitative estimate of drug-likeness (QED) is 0.882. The molecule has 0 heterocycles. The number of hydrogen-bond acceptors (Lipinski definition) is 3. The van der Waals surface area contributed by atoms with Crippen molar-refractivity contribution in [1.82, 2.24) is 0 Å². The predicted octanol–water partition coefficient (Wildman–Crippen LogP) is 3.20. The summed E-state index contributed by atoms with van der Waals surface area (Å²) in [5.41, 5.74) is 0.121. The van der Waals surface area contributed by atoms with Crippen molar-refractivity contribution in [3.05, 3.63) is 28.8 Å². The van der Waals surface area contributed by atoms with Crippen LogP contribution in [0.2, 0.25) is 5.02 Å². The molecule has 0 saturated carbocycles. The minimum Gasteiger partial charge on any atom is -0.495 e. The summed E-state index contributed by atoms with van der Waals surface area (Å²) in [6, 6.07) is 5.23. The van der Waals surface area contributed by atoms with Gasteiger partial charge in [-0.05, 0) is 31.0 Å². The van der Waals surface area contributed by atoms with Crippen LogP contribution in [0.1, 0.15) is 31.9 Å². The molecule has 0 aliphatic carbocycles. The zero-order valence-electron chi connectivity index (χ0n) is 10.7.